The zero-order valence-electron chi connectivity index (χ0n) is 16.9. The number of benzene rings is 1. The molecule has 30 heavy (non-hydrogen) atoms. The number of carbonyl (C=O) groups is 1. The smallest absolute Gasteiger partial charge is 0.318 e. The van der Waals surface area contributed by atoms with Crippen molar-refractivity contribution in [1.82, 2.24) is 29.7 Å². The standard InChI is InChI=1S/C21H25ClN6O2/c1-16(20-25-24-19-8-4-5-9-28(19)20)23-21(29)27-12-10-26(11-13-27)14-15-30-18-7-3-2-6-17(18)22/h2-9,16H,10-15H2,1H3,(H,23,29). The molecule has 8 nitrogen and oxygen atoms in total. The van der Waals surface area contributed by atoms with Crippen LogP contribution in [0.25, 0.3) is 5.65 Å². The zero-order valence-corrected chi connectivity index (χ0v) is 17.6. The molecular weight excluding hydrogens is 404 g/mol. The summed E-state index contributed by atoms with van der Waals surface area (Å²) in [6.07, 6.45) is 1.90. The summed E-state index contributed by atoms with van der Waals surface area (Å²) in [5.74, 6) is 1.42. The van der Waals surface area contributed by atoms with Gasteiger partial charge in [-0.2, -0.15) is 0 Å². The number of rotatable bonds is 6. The van der Waals surface area contributed by atoms with Crippen molar-refractivity contribution in [1.29, 1.82) is 0 Å². The predicted molar refractivity (Wildman–Crippen MR) is 115 cm³/mol. The van der Waals surface area contributed by atoms with E-state index >= 15 is 0 Å². The molecule has 1 unspecified atom stereocenters. The van der Waals surface area contributed by atoms with E-state index in [1.54, 1.807) is 0 Å². The molecular formula is C21H25ClN6O2. The van der Waals surface area contributed by atoms with Gasteiger partial charge in [-0.1, -0.05) is 29.8 Å². The maximum absolute atomic E-state index is 12.7. The van der Waals surface area contributed by atoms with E-state index in [1.807, 2.05) is 64.9 Å². The van der Waals surface area contributed by atoms with Crippen molar-refractivity contribution in [2.75, 3.05) is 39.3 Å². The van der Waals surface area contributed by atoms with Crippen LogP contribution in [0.15, 0.2) is 48.7 Å². The van der Waals surface area contributed by atoms with Crippen molar-refractivity contribution in [2.24, 2.45) is 0 Å². The average Bonchev–Trinajstić information content (AvgIpc) is 3.20. The highest BCUT2D eigenvalue weighted by Crippen LogP contribution is 2.23. The van der Waals surface area contributed by atoms with Gasteiger partial charge in [0.05, 0.1) is 11.1 Å². The van der Waals surface area contributed by atoms with Gasteiger partial charge < -0.3 is 15.0 Å². The third-order valence-corrected chi connectivity index (χ3v) is 5.54. The van der Waals surface area contributed by atoms with E-state index in [-0.39, 0.29) is 12.1 Å². The SMILES string of the molecule is CC(NC(=O)N1CCN(CCOc2ccccc2Cl)CC1)c1nnc2ccccn12. The molecule has 2 aromatic heterocycles. The molecule has 1 fully saturated rings. The van der Waals surface area contributed by atoms with Gasteiger partial charge in [-0.3, -0.25) is 9.30 Å². The fraction of sp³-hybridized carbons (Fsp3) is 0.381. The number of hydrogen-bond acceptors (Lipinski definition) is 5. The summed E-state index contributed by atoms with van der Waals surface area (Å²) in [5, 5.41) is 12.0. The number of carbonyl (C=O) groups excluding carboxylic acids is 1. The van der Waals surface area contributed by atoms with Crippen molar-refractivity contribution >= 4 is 23.3 Å². The van der Waals surface area contributed by atoms with Gasteiger partial charge in [-0.15, -0.1) is 10.2 Å². The van der Waals surface area contributed by atoms with Crippen LogP contribution in [0.3, 0.4) is 0 Å². The quantitative estimate of drug-likeness (QED) is 0.653. The number of nitrogens with one attached hydrogen (secondary N) is 1. The second kappa shape index (κ2) is 9.32. The Hall–Kier alpha value is -2.84. The molecule has 1 N–H and O–H groups in total. The Morgan fingerprint density at radius 1 is 1.13 bits per heavy atom. The first kappa shape index (κ1) is 20.4. The highest BCUT2D eigenvalue weighted by Gasteiger charge is 2.23. The molecule has 0 radical (unpaired) electrons. The normalized spacial score (nSPS) is 15.9. The summed E-state index contributed by atoms with van der Waals surface area (Å²) in [6.45, 7) is 6.24. The van der Waals surface area contributed by atoms with Crippen molar-refractivity contribution in [3.63, 3.8) is 0 Å². The molecule has 1 atom stereocenters. The first-order chi connectivity index (χ1) is 14.6. The summed E-state index contributed by atoms with van der Waals surface area (Å²) in [6, 6.07) is 12.9. The summed E-state index contributed by atoms with van der Waals surface area (Å²) in [4.78, 5) is 16.8. The number of para-hydroxylation sites is 1. The van der Waals surface area contributed by atoms with Gasteiger partial charge in [0.2, 0.25) is 0 Å². The Kier molecular flexibility index (Phi) is 6.35. The lowest BCUT2D eigenvalue weighted by Gasteiger charge is -2.35. The number of pyridine rings is 1. The highest BCUT2D eigenvalue weighted by molar-refractivity contribution is 6.32. The van der Waals surface area contributed by atoms with Crippen molar-refractivity contribution < 1.29 is 9.53 Å². The minimum atomic E-state index is -0.239. The maximum atomic E-state index is 12.7. The molecule has 4 rings (SSSR count). The fourth-order valence-corrected chi connectivity index (χ4v) is 3.71. The van der Waals surface area contributed by atoms with Crippen LogP contribution in [-0.2, 0) is 0 Å². The maximum Gasteiger partial charge on any atom is 0.318 e. The van der Waals surface area contributed by atoms with Gasteiger partial charge in [0.25, 0.3) is 0 Å². The van der Waals surface area contributed by atoms with Gasteiger partial charge in [-0.25, -0.2) is 4.79 Å². The molecule has 0 aliphatic carbocycles. The van der Waals surface area contributed by atoms with Gasteiger partial charge in [-0.05, 0) is 31.2 Å². The molecule has 3 heterocycles. The van der Waals surface area contributed by atoms with E-state index < -0.39 is 0 Å². The molecule has 0 saturated carbocycles. The number of piperazine rings is 1. The first-order valence-corrected chi connectivity index (χ1v) is 10.4. The van der Waals surface area contributed by atoms with Gasteiger partial charge in [0.15, 0.2) is 11.5 Å². The highest BCUT2D eigenvalue weighted by atomic mass is 35.5. The number of halogens is 1. The van der Waals surface area contributed by atoms with Crippen molar-refractivity contribution in [2.45, 2.75) is 13.0 Å². The Balaban J connectivity index is 1.23. The molecule has 1 saturated heterocycles. The molecule has 3 aromatic rings. The average molecular weight is 429 g/mol. The number of aromatic nitrogens is 3. The van der Waals surface area contributed by atoms with Crippen molar-refractivity contribution in [3.05, 3.63) is 59.5 Å². The lowest BCUT2D eigenvalue weighted by molar-refractivity contribution is 0.124. The van der Waals surface area contributed by atoms with Crippen molar-refractivity contribution in [3.8, 4) is 5.75 Å². The minimum absolute atomic E-state index is 0.0813. The molecule has 0 bridgehead atoms. The van der Waals surface area contributed by atoms with Crippen LogP contribution in [0.5, 0.6) is 5.75 Å². The van der Waals surface area contributed by atoms with Crippen LogP contribution in [-0.4, -0.2) is 69.8 Å². The van der Waals surface area contributed by atoms with Gasteiger partial charge in [0, 0.05) is 38.9 Å². The first-order valence-electron chi connectivity index (χ1n) is 10.1. The third-order valence-electron chi connectivity index (χ3n) is 5.23. The van der Waals surface area contributed by atoms with Crippen LogP contribution in [0, 0.1) is 0 Å². The van der Waals surface area contributed by atoms with E-state index in [0.29, 0.717) is 36.3 Å². The molecule has 9 heteroatoms. The number of amides is 2. The summed E-state index contributed by atoms with van der Waals surface area (Å²) >= 11 is 6.11. The molecule has 158 valence electrons. The molecule has 1 aromatic carbocycles. The van der Waals surface area contributed by atoms with Crippen LogP contribution >= 0.6 is 11.6 Å². The van der Waals surface area contributed by atoms with E-state index in [1.165, 1.54) is 0 Å². The largest absolute Gasteiger partial charge is 0.491 e. The Bertz CT molecular complexity index is 1000. The summed E-state index contributed by atoms with van der Waals surface area (Å²) in [5.41, 5.74) is 0.765. The number of fused-ring (bicyclic) bond motifs is 1. The molecule has 0 spiro atoms. The molecule has 2 amide bonds. The lowest BCUT2D eigenvalue weighted by Crippen LogP contribution is -2.52. The van der Waals surface area contributed by atoms with Crippen LogP contribution in [0.4, 0.5) is 4.79 Å². The second-order valence-corrected chi connectivity index (χ2v) is 7.67. The summed E-state index contributed by atoms with van der Waals surface area (Å²) < 4.78 is 7.65. The van der Waals surface area contributed by atoms with E-state index in [2.05, 4.69) is 20.4 Å². The van der Waals surface area contributed by atoms with E-state index in [0.717, 1.165) is 25.3 Å². The molecule has 1 aliphatic rings. The molecule has 1 aliphatic heterocycles. The number of ether oxygens (including phenoxy) is 1. The Morgan fingerprint density at radius 3 is 2.70 bits per heavy atom. The van der Waals surface area contributed by atoms with Crippen LogP contribution < -0.4 is 10.1 Å². The number of nitrogens with zero attached hydrogens (tertiary/aromatic N) is 5. The van der Waals surface area contributed by atoms with Crippen LogP contribution in [0.2, 0.25) is 5.02 Å². The monoisotopic (exact) mass is 428 g/mol. The number of urea groups is 1. The van der Waals surface area contributed by atoms with E-state index in [9.17, 15) is 4.79 Å². The minimum Gasteiger partial charge on any atom is -0.491 e. The van der Waals surface area contributed by atoms with Crippen LogP contribution in [0.1, 0.15) is 18.8 Å². The topological polar surface area (TPSA) is 75.0 Å². The Morgan fingerprint density at radius 2 is 1.90 bits per heavy atom. The van der Waals surface area contributed by atoms with Gasteiger partial charge >= 0.3 is 6.03 Å². The Labute approximate surface area is 180 Å². The summed E-state index contributed by atoms with van der Waals surface area (Å²) in [7, 11) is 0. The van der Waals surface area contributed by atoms with E-state index in [4.69, 9.17) is 16.3 Å². The number of hydrogen-bond donors (Lipinski definition) is 1. The third kappa shape index (κ3) is 4.66. The second-order valence-electron chi connectivity index (χ2n) is 7.27. The predicted octanol–water partition coefficient (Wildman–Crippen LogP) is 2.85. The lowest BCUT2D eigenvalue weighted by atomic mass is 10.3. The van der Waals surface area contributed by atoms with Gasteiger partial charge in [0.1, 0.15) is 12.4 Å². The zero-order chi connectivity index (χ0) is 20.9. The fourth-order valence-electron chi connectivity index (χ4n) is 3.52.